The summed E-state index contributed by atoms with van der Waals surface area (Å²) in [7, 11) is 1.96. The zero-order chi connectivity index (χ0) is 12.3. The van der Waals surface area contributed by atoms with E-state index in [-0.39, 0.29) is 0 Å². The highest BCUT2D eigenvalue weighted by Gasteiger charge is 2.07. The van der Waals surface area contributed by atoms with Gasteiger partial charge in [0, 0.05) is 18.9 Å². The van der Waals surface area contributed by atoms with Crippen molar-refractivity contribution in [3.63, 3.8) is 0 Å². The number of rotatable bonds is 3. The number of nitrogens with zero attached hydrogens (tertiary/aromatic N) is 2. The number of aliphatic hydroxyl groups is 1. The first-order chi connectivity index (χ1) is 8.18. The van der Waals surface area contributed by atoms with Gasteiger partial charge in [0.05, 0.1) is 6.10 Å². The molecule has 0 radical (unpaired) electrons. The third-order valence-electron chi connectivity index (χ3n) is 2.74. The molecule has 0 aliphatic rings. The molecular formula is C14H16N2O. The van der Waals surface area contributed by atoms with Crippen LogP contribution in [0.25, 0.3) is 0 Å². The van der Waals surface area contributed by atoms with E-state index in [1.807, 2.05) is 54.4 Å². The number of benzene rings is 1. The maximum absolute atomic E-state index is 9.55. The van der Waals surface area contributed by atoms with Crippen LogP contribution in [-0.2, 0) is 0 Å². The Balaban J connectivity index is 2.31. The van der Waals surface area contributed by atoms with E-state index in [0.29, 0.717) is 0 Å². The van der Waals surface area contributed by atoms with Crippen molar-refractivity contribution in [3.8, 4) is 0 Å². The fourth-order valence-corrected chi connectivity index (χ4v) is 1.66. The molecule has 0 spiro atoms. The number of pyridine rings is 1. The number of aliphatic hydroxyl groups excluding tert-OH is 1. The fourth-order valence-electron chi connectivity index (χ4n) is 1.66. The predicted molar refractivity (Wildman–Crippen MR) is 69.4 cm³/mol. The lowest BCUT2D eigenvalue weighted by Gasteiger charge is -2.19. The number of anilines is 2. The van der Waals surface area contributed by atoms with Gasteiger partial charge >= 0.3 is 0 Å². The zero-order valence-electron chi connectivity index (χ0n) is 10.0. The molecule has 1 aromatic heterocycles. The van der Waals surface area contributed by atoms with Crippen LogP contribution in [0.4, 0.5) is 11.5 Å². The van der Waals surface area contributed by atoms with Gasteiger partial charge in [-0.3, -0.25) is 0 Å². The summed E-state index contributed by atoms with van der Waals surface area (Å²) in [6.45, 7) is 1.75. The minimum absolute atomic E-state index is 0.471. The quantitative estimate of drug-likeness (QED) is 0.877. The molecular weight excluding hydrogens is 212 g/mol. The lowest BCUT2D eigenvalue weighted by Crippen LogP contribution is -2.11. The van der Waals surface area contributed by atoms with E-state index < -0.39 is 6.10 Å². The van der Waals surface area contributed by atoms with E-state index in [4.69, 9.17) is 0 Å². The molecule has 88 valence electrons. The van der Waals surface area contributed by atoms with Crippen LogP contribution in [0, 0.1) is 0 Å². The summed E-state index contributed by atoms with van der Waals surface area (Å²) in [5.41, 5.74) is 1.94. The van der Waals surface area contributed by atoms with Gasteiger partial charge in [0.2, 0.25) is 0 Å². The Kier molecular flexibility index (Phi) is 3.40. The number of aromatic nitrogens is 1. The summed E-state index contributed by atoms with van der Waals surface area (Å²) >= 11 is 0. The minimum Gasteiger partial charge on any atom is -0.389 e. The minimum atomic E-state index is -0.471. The standard InChI is InChI=1S/C14H16N2O/c1-11(17)12-8-9-15-14(10-12)16(2)13-6-4-3-5-7-13/h3-11,17H,1-2H3. The van der Waals surface area contributed by atoms with Crippen molar-refractivity contribution in [1.82, 2.24) is 4.98 Å². The first-order valence-corrected chi connectivity index (χ1v) is 5.61. The Morgan fingerprint density at radius 3 is 2.53 bits per heavy atom. The number of para-hydroxylation sites is 1. The van der Waals surface area contributed by atoms with Gasteiger partial charge in [-0.1, -0.05) is 18.2 Å². The van der Waals surface area contributed by atoms with E-state index in [1.165, 1.54) is 0 Å². The van der Waals surface area contributed by atoms with Gasteiger partial charge in [0.15, 0.2) is 0 Å². The second-order valence-corrected chi connectivity index (χ2v) is 4.02. The molecule has 0 saturated heterocycles. The van der Waals surface area contributed by atoms with Crippen LogP contribution in [0.1, 0.15) is 18.6 Å². The van der Waals surface area contributed by atoms with Gasteiger partial charge in [0.1, 0.15) is 5.82 Å². The molecule has 1 heterocycles. The van der Waals surface area contributed by atoms with Crippen molar-refractivity contribution in [1.29, 1.82) is 0 Å². The van der Waals surface area contributed by atoms with Crippen molar-refractivity contribution in [3.05, 3.63) is 54.2 Å². The van der Waals surface area contributed by atoms with Crippen LogP contribution in [0.5, 0.6) is 0 Å². The molecule has 0 bridgehead atoms. The Bertz CT molecular complexity index is 483. The summed E-state index contributed by atoms with van der Waals surface area (Å²) < 4.78 is 0. The van der Waals surface area contributed by atoms with Crippen LogP contribution in [0.2, 0.25) is 0 Å². The van der Waals surface area contributed by atoms with Gasteiger partial charge in [0.25, 0.3) is 0 Å². The van der Waals surface area contributed by atoms with Crippen molar-refractivity contribution in [2.45, 2.75) is 13.0 Å². The van der Waals surface area contributed by atoms with Gasteiger partial charge in [-0.15, -0.1) is 0 Å². The molecule has 1 unspecified atom stereocenters. The molecule has 2 rings (SSSR count). The first-order valence-electron chi connectivity index (χ1n) is 5.61. The fraction of sp³-hybridized carbons (Fsp3) is 0.214. The van der Waals surface area contributed by atoms with Crippen LogP contribution in [0.15, 0.2) is 48.7 Å². The molecule has 0 amide bonds. The molecule has 0 fully saturated rings. The Morgan fingerprint density at radius 1 is 1.18 bits per heavy atom. The monoisotopic (exact) mass is 228 g/mol. The molecule has 17 heavy (non-hydrogen) atoms. The first kappa shape index (κ1) is 11.6. The lowest BCUT2D eigenvalue weighted by atomic mass is 10.1. The van der Waals surface area contributed by atoms with E-state index in [1.54, 1.807) is 13.1 Å². The molecule has 2 aromatic rings. The molecule has 3 nitrogen and oxygen atoms in total. The molecule has 3 heteroatoms. The largest absolute Gasteiger partial charge is 0.389 e. The molecule has 0 aliphatic carbocycles. The highest BCUT2D eigenvalue weighted by atomic mass is 16.3. The van der Waals surface area contributed by atoms with E-state index >= 15 is 0 Å². The predicted octanol–water partition coefficient (Wildman–Crippen LogP) is 2.90. The van der Waals surface area contributed by atoms with Crippen molar-refractivity contribution in [2.75, 3.05) is 11.9 Å². The highest BCUT2D eigenvalue weighted by molar-refractivity contribution is 5.59. The number of hydrogen-bond donors (Lipinski definition) is 1. The Hall–Kier alpha value is -1.87. The topological polar surface area (TPSA) is 36.4 Å². The molecule has 0 saturated carbocycles. The SMILES string of the molecule is CC(O)c1ccnc(N(C)c2ccccc2)c1. The van der Waals surface area contributed by atoms with Crippen LogP contribution < -0.4 is 4.90 Å². The van der Waals surface area contributed by atoms with Crippen LogP contribution in [0.3, 0.4) is 0 Å². The van der Waals surface area contributed by atoms with Gasteiger partial charge in [-0.25, -0.2) is 4.98 Å². The van der Waals surface area contributed by atoms with Gasteiger partial charge in [-0.2, -0.15) is 0 Å². The maximum atomic E-state index is 9.55. The lowest BCUT2D eigenvalue weighted by molar-refractivity contribution is 0.199. The second kappa shape index (κ2) is 4.97. The van der Waals surface area contributed by atoms with Crippen molar-refractivity contribution >= 4 is 11.5 Å². The third kappa shape index (κ3) is 2.63. The second-order valence-electron chi connectivity index (χ2n) is 4.02. The number of hydrogen-bond acceptors (Lipinski definition) is 3. The summed E-state index contributed by atoms with van der Waals surface area (Å²) in [4.78, 5) is 6.30. The molecule has 0 aliphatic heterocycles. The van der Waals surface area contributed by atoms with E-state index in [2.05, 4.69) is 4.98 Å². The van der Waals surface area contributed by atoms with Crippen LogP contribution in [-0.4, -0.2) is 17.1 Å². The highest BCUT2D eigenvalue weighted by Crippen LogP contribution is 2.23. The van der Waals surface area contributed by atoms with E-state index in [0.717, 1.165) is 17.1 Å². The van der Waals surface area contributed by atoms with Crippen molar-refractivity contribution in [2.24, 2.45) is 0 Å². The molecule has 1 N–H and O–H groups in total. The van der Waals surface area contributed by atoms with E-state index in [9.17, 15) is 5.11 Å². The molecule has 1 aromatic carbocycles. The maximum Gasteiger partial charge on any atom is 0.133 e. The third-order valence-corrected chi connectivity index (χ3v) is 2.74. The zero-order valence-corrected chi connectivity index (χ0v) is 10.0. The van der Waals surface area contributed by atoms with Crippen LogP contribution >= 0.6 is 0 Å². The smallest absolute Gasteiger partial charge is 0.133 e. The van der Waals surface area contributed by atoms with Gasteiger partial charge in [-0.05, 0) is 36.8 Å². The van der Waals surface area contributed by atoms with Crippen molar-refractivity contribution < 1.29 is 5.11 Å². The molecule has 1 atom stereocenters. The summed E-state index contributed by atoms with van der Waals surface area (Å²) in [5.74, 6) is 0.828. The normalized spacial score (nSPS) is 12.2. The average Bonchev–Trinajstić information content (AvgIpc) is 2.39. The Morgan fingerprint density at radius 2 is 1.88 bits per heavy atom. The summed E-state index contributed by atoms with van der Waals surface area (Å²) in [5, 5.41) is 9.55. The Labute approximate surface area is 101 Å². The average molecular weight is 228 g/mol. The summed E-state index contributed by atoms with van der Waals surface area (Å²) in [6, 6.07) is 13.7. The summed E-state index contributed by atoms with van der Waals surface area (Å²) in [6.07, 6.45) is 1.25. The van der Waals surface area contributed by atoms with Gasteiger partial charge < -0.3 is 10.0 Å².